The fourth-order valence-corrected chi connectivity index (χ4v) is 2.66. The van der Waals surface area contributed by atoms with Gasteiger partial charge in [0.15, 0.2) is 0 Å². The van der Waals surface area contributed by atoms with Crippen molar-refractivity contribution in [2.24, 2.45) is 0 Å². The first-order valence-corrected chi connectivity index (χ1v) is 5.64. The zero-order valence-electron chi connectivity index (χ0n) is 9.23. The van der Waals surface area contributed by atoms with Gasteiger partial charge in [-0.05, 0) is 31.4 Å². The van der Waals surface area contributed by atoms with Gasteiger partial charge in [0.05, 0.1) is 12.2 Å². The Morgan fingerprint density at radius 1 is 1.13 bits per heavy atom. The lowest BCUT2D eigenvalue weighted by molar-refractivity contribution is 0.112. The lowest BCUT2D eigenvalue weighted by Crippen LogP contribution is -2.12. The number of ether oxygens (including phenoxy) is 1. The van der Waals surface area contributed by atoms with Crippen molar-refractivity contribution in [3.05, 3.63) is 47.0 Å². The van der Waals surface area contributed by atoms with Crippen LogP contribution in [0, 0.1) is 6.92 Å². The zero-order chi connectivity index (χ0) is 10.4. The molecular weight excluding hydrogens is 184 g/mol. The molecule has 2 bridgehead atoms. The zero-order valence-corrected chi connectivity index (χ0v) is 9.23. The van der Waals surface area contributed by atoms with Crippen LogP contribution in [-0.4, -0.2) is 12.2 Å². The summed E-state index contributed by atoms with van der Waals surface area (Å²) in [6.45, 7) is 4.31. The van der Waals surface area contributed by atoms with Gasteiger partial charge < -0.3 is 4.74 Å². The molecule has 0 amide bonds. The van der Waals surface area contributed by atoms with Crippen LogP contribution >= 0.6 is 0 Å². The highest BCUT2D eigenvalue weighted by atomic mass is 16.5. The summed E-state index contributed by atoms with van der Waals surface area (Å²) in [5.41, 5.74) is 4.18. The van der Waals surface area contributed by atoms with Crippen LogP contribution in [0.3, 0.4) is 0 Å². The number of rotatable bonds is 1. The highest BCUT2D eigenvalue weighted by molar-refractivity contribution is 5.32. The molecule has 0 N–H and O–H groups in total. The van der Waals surface area contributed by atoms with Crippen LogP contribution in [0.2, 0.25) is 0 Å². The summed E-state index contributed by atoms with van der Waals surface area (Å²) in [6, 6.07) is 8.87. The molecule has 3 atom stereocenters. The largest absolute Gasteiger partial charge is 0.366 e. The van der Waals surface area contributed by atoms with Crippen LogP contribution < -0.4 is 0 Å². The summed E-state index contributed by atoms with van der Waals surface area (Å²) in [5.74, 6) is 0.583. The summed E-state index contributed by atoms with van der Waals surface area (Å²) in [6.07, 6.45) is 4.17. The van der Waals surface area contributed by atoms with Gasteiger partial charge in [-0.25, -0.2) is 0 Å². The van der Waals surface area contributed by atoms with Gasteiger partial charge in [0.2, 0.25) is 0 Å². The lowest BCUT2D eigenvalue weighted by Gasteiger charge is -2.17. The summed E-state index contributed by atoms with van der Waals surface area (Å²) >= 11 is 0. The highest BCUT2D eigenvalue weighted by Gasteiger charge is 2.40. The predicted octanol–water partition coefficient (Wildman–Crippen LogP) is 3.20. The first-order valence-electron chi connectivity index (χ1n) is 5.64. The second-order valence-electron chi connectivity index (χ2n) is 4.75. The minimum atomic E-state index is 0.331. The fraction of sp³-hybridized carbons (Fsp3) is 0.429. The van der Waals surface area contributed by atoms with Crippen LogP contribution in [0.1, 0.15) is 30.4 Å². The monoisotopic (exact) mass is 200 g/mol. The minimum Gasteiger partial charge on any atom is -0.366 e. The topological polar surface area (TPSA) is 9.23 Å². The second kappa shape index (κ2) is 3.21. The Bertz CT molecular complexity index is 402. The van der Waals surface area contributed by atoms with Crippen molar-refractivity contribution < 1.29 is 4.74 Å². The van der Waals surface area contributed by atoms with Crippen LogP contribution in [0.5, 0.6) is 0 Å². The summed E-state index contributed by atoms with van der Waals surface area (Å²) < 4.78 is 5.89. The molecule has 78 valence electrons. The van der Waals surface area contributed by atoms with Crippen molar-refractivity contribution in [3.63, 3.8) is 0 Å². The Labute approximate surface area is 90.8 Å². The molecule has 1 nitrogen and oxygen atoms in total. The van der Waals surface area contributed by atoms with E-state index >= 15 is 0 Å². The number of benzene rings is 1. The van der Waals surface area contributed by atoms with Crippen molar-refractivity contribution in [1.82, 2.24) is 0 Å². The van der Waals surface area contributed by atoms with Crippen LogP contribution in [0.25, 0.3) is 0 Å². The van der Waals surface area contributed by atoms with Gasteiger partial charge in [0.25, 0.3) is 0 Å². The molecule has 2 aliphatic rings. The van der Waals surface area contributed by atoms with E-state index in [2.05, 4.69) is 44.2 Å². The molecule has 3 rings (SSSR count). The number of hydrogen-bond donors (Lipinski definition) is 0. The van der Waals surface area contributed by atoms with Gasteiger partial charge in [0.1, 0.15) is 0 Å². The Balaban J connectivity index is 1.89. The number of hydrogen-bond acceptors (Lipinski definition) is 1. The van der Waals surface area contributed by atoms with E-state index in [9.17, 15) is 0 Å². The quantitative estimate of drug-likeness (QED) is 0.632. The van der Waals surface area contributed by atoms with Gasteiger partial charge in [-0.3, -0.25) is 0 Å². The molecule has 1 saturated heterocycles. The first-order chi connectivity index (χ1) is 7.24. The van der Waals surface area contributed by atoms with Crippen LogP contribution in [0.4, 0.5) is 0 Å². The Hall–Kier alpha value is -1.08. The van der Waals surface area contributed by atoms with E-state index in [1.165, 1.54) is 16.7 Å². The van der Waals surface area contributed by atoms with Crippen LogP contribution in [0.15, 0.2) is 35.9 Å². The smallest absolute Gasteiger partial charge is 0.0837 e. The molecule has 1 aromatic rings. The van der Waals surface area contributed by atoms with Crippen LogP contribution in [-0.2, 0) is 4.74 Å². The SMILES string of the molecule is CC1=CC2OC1CC2c1ccc(C)cc1. The molecule has 0 aromatic heterocycles. The normalized spacial score (nSPS) is 33.2. The average Bonchev–Trinajstić information content (AvgIpc) is 2.77. The molecule has 0 saturated carbocycles. The third-order valence-electron chi connectivity index (χ3n) is 3.63. The van der Waals surface area contributed by atoms with E-state index in [0.717, 1.165) is 6.42 Å². The maximum Gasteiger partial charge on any atom is 0.0837 e. The van der Waals surface area contributed by atoms with E-state index in [0.29, 0.717) is 18.1 Å². The Morgan fingerprint density at radius 3 is 2.40 bits per heavy atom. The maximum atomic E-state index is 5.89. The Morgan fingerprint density at radius 2 is 1.87 bits per heavy atom. The molecule has 0 spiro atoms. The third kappa shape index (κ3) is 1.42. The fourth-order valence-electron chi connectivity index (χ4n) is 2.66. The number of fused-ring (bicyclic) bond motifs is 2. The van der Waals surface area contributed by atoms with Crippen molar-refractivity contribution in [3.8, 4) is 0 Å². The first kappa shape index (κ1) is 9.17. The average molecular weight is 200 g/mol. The van der Waals surface area contributed by atoms with E-state index in [4.69, 9.17) is 4.74 Å². The van der Waals surface area contributed by atoms with E-state index in [-0.39, 0.29) is 0 Å². The maximum absolute atomic E-state index is 5.89. The summed E-state index contributed by atoms with van der Waals surface area (Å²) in [4.78, 5) is 0. The lowest BCUT2D eigenvalue weighted by atomic mass is 9.85. The predicted molar refractivity (Wildman–Crippen MR) is 61.0 cm³/mol. The molecule has 3 unspecified atom stereocenters. The molecule has 0 aliphatic carbocycles. The van der Waals surface area contributed by atoms with Crippen molar-refractivity contribution in [2.75, 3.05) is 0 Å². The third-order valence-corrected chi connectivity index (χ3v) is 3.63. The molecular formula is C14H16O. The van der Waals surface area contributed by atoms with Gasteiger partial charge in [-0.2, -0.15) is 0 Å². The van der Waals surface area contributed by atoms with E-state index in [1.807, 2.05) is 0 Å². The molecule has 1 heteroatoms. The van der Waals surface area contributed by atoms with Gasteiger partial charge in [-0.15, -0.1) is 0 Å². The van der Waals surface area contributed by atoms with Gasteiger partial charge in [-0.1, -0.05) is 35.9 Å². The molecule has 1 fully saturated rings. The highest BCUT2D eigenvalue weighted by Crippen LogP contribution is 2.43. The molecule has 0 radical (unpaired) electrons. The van der Waals surface area contributed by atoms with E-state index in [1.54, 1.807) is 0 Å². The van der Waals surface area contributed by atoms with Gasteiger partial charge in [0, 0.05) is 5.92 Å². The number of aryl methyl sites for hydroxylation is 1. The van der Waals surface area contributed by atoms with E-state index < -0.39 is 0 Å². The summed E-state index contributed by atoms with van der Waals surface area (Å²) in [5, 5.41) is 0. The molecule has 15 heavy (non-hydrogen) atoms. The van der Waals surface area contributed by atoms with Gasteiger partial charge >= 0.3 is 0 Å². The van der Waals surface area contributed by atoms with Crippen molar-refractivity contribution >= 4 is 0 Å². The second-order valence-corrected chi connectivity index (χ2v) is 4.75. The molecule has 2 aliphatic heterocycles. The van der Waals surface area contributed by atoms with Crippen molar-refractivity contribution in [1.29, 1.82) is 0 Å². The standard InChI is InChI=1S/C14H16O/c1-9-3-5-11(6-4-9)12-8-13-10(2)7-14(12)15-13/h3-7,12-14H,8H2,1-2H3. The summed E-state index contributed by atoms with van der Waals surface area (Å²) in [7, 11) is 0. The Kier molecular flexibility index (Phi) is 1.96. The minimum absolute atomic E-state index is 0.331. The molecule has 1 aromatic carbocycles. The van der Waals surface area contributed by atoms with Crippen molar-refractivity contribution in [2.45, 2.75) is 38.4 Å². The molecule has 2 heterocycles.